The molecule has 0 saturated carbocycles. The van der Waals surface area contributed by atoms with E-state index in [1.54, 1.807) is 30.3 Å². The highest BCUT2D eigenvalue weighted by atomic mass is 35.5. The van der Waals surface area contributed by atoms with Gasteiger partial charge in [-0.25, -0.2) is 4.98 Å². The molecule has 0 bridgehead atoms. The van der Waals surface area contributed by atoms with Crippen LogP contribution in [0.25, 0.3) is 17.0 Å². The van der Waals surface area contributed by atoms with Gasteiger partial charge < -0.3 is 15.5 Å². The number of carbonyl (C=O) groups excluding carboxylic acids is 2. The highest BCUT2D eigenvalue weighted by Gasteiger charge is 2.16. The number of pyridine rings is 1. The minimum absolute atomic E-state index is 0.0998. The third-order valence-corrected chi connectivity index (χ3v) is 4.93. The largest absolute Gasteiger partial charge is 0.349 e. The van der Waals surface area contributed by atoms with Crippen LogP contribution < -0.4 is 10.6 Å². The van der Waals surface area contributed by atoms with Gasteiger partial charge in [0.25, 0.3) is 11.8 Å². The molecule has 0 radical (unpaired) electrons. The summed E-state index contributed by atoms with van der Waals surface area (Å²) in [4.78, 5) is 31.9. The van der Waals surface area contributed by atoms with Crippen LogP contribution in [0, 0.1) is 6.92 Å². The smallest absolute Gasteiger partial charge is 0.267 e. The minimum Gasteiger partial charge on any atom is -0.349 e. The standard InChI is InChI=1S/C24H25ClN4O2/c1-16-9-10-18-14-19(22(25)27-20(18)13-16)15-21(24(31)26-11-12-29(2)3)28-23(30)17-7-5-4-6-8-17/h4-10,13-15H,11-12H2,1-3H3,(H,26,31)(H,28,30). The molecule has 0 spiro atoms. The van der Waals surface area contributed by atoms with Gasteiger partial charge in [0.05, 0.1) is 5.52 Å². The lowest BCUT2D eigenvalue weighted by atomic mass is 10.1. The van der Waals surface area contributed by atoms with E-state index in [-0.39, 0.29) is 16.8 Å². The van der Waals surface area contributed by atoms with Crippen LogP contribution in [0.4, 0.5) is 0 Å². The predicted molar refractivity (Wildman–Crippen MR) is 125 cm³/mol. The topological polar surface area (TPSA) is 74.3 Å². The number of hydrogen-bond acceptors (Lipinski definition) is 4. The number of hydrogen-bond donors (Lipinski definition) is 2. The molecule has 31 heavy (non-hydrogen) atoms. The molecule has 0 saturated heterocycles. The summed E-state index contributed by atoms with van der Waals surface area (Å²) in [7, 11) is 3.84. The molecule has 3 rings (SSSR count). The Labute approximate surface area is 186 Å². The monoisotopic (exact) mass is 436 g/mol. The van der Waals surface area contributed by atoms with E-state index in [4.69, 9.17) is 11.6 Å². The maximum absolute atomic E-state index is 12.8. The number of halogens is 1. The molecular formula is C24H25ClN4O2. The Morgan fingerprint density at radius 2 is 1.84 bits per heavy atom. The van der Waals surface area contributed by atoms with Gasteiger partial charge in [0.15, 0.2) is 0 Å². The van der Waals surface area contributed by atoms with Crippen LogP contribution in [0.3, 0.4) is 0 Å². The summed E-state index contributed by atoms with van der Waals surface area (Å²) >= 11 is 6.40. The number of nitrogens with zero attached hydrogens (tertiary/aromatic N) is 2. The second-order valence-corrected chi connectivity index (χ2v) is 7.86. The average molecular weight is 437 g/mol. The van der Waals surface area contributed by atoms with Crippen LogP contribution in [0.15, 0.2) is 60.3 Å². The fourth-order valence-electron chi connectivity index (χ4n) is 2.96. The molecule has 0 atom stereocenters. The van der Waals surface area contributed by atoms with Crippen molar-refractivity contribution < 1.29 is 9.59 Å². The highest BCUT2D eigenvalue weighted by molar-refractivity contribution is 6.31. The lowest BCUT2D eigenvalue weighted by Gasteiger charge is -2.14. The van der Waals surface area contributed by atoms with Gasteiger partial charge in [0.1, 0.15) is 10.9 Å². The Morgan fingerprint density at radius 1 is 1.10 bits per heavy atom. The molecule has 0 aliphatic rings. The maximum Gasteiger partial charge on any atom is 0.267 e. The molecule has 2 N–H and O–H groups in total. The molecule has 1 heterocycles. The number of likely N-dealkylation sites (N-methyl/N-ethyl adjacent to an activating group) is 1. The lowest BCUT2D eigenvalue weighted by molar-refractivity contribution is -0.117. The van der Waals surface area contributed by atoms with E-state index in [1.807, 2.05) is 56.3 Å². The zero-order valence-electron chi connectivity index (χ0n) is 17.8. The summed E-state index contributed by atoms with van der Waals surface area (Å²) in [5.41, 5.74) is 2.95. The number of aromatic nitrogens is 1. The first kappa shape index (κ1) is 22.5. The van der Waals surface area contributed by atoms with Crippen LogP contribution in [0.1, 0.15) is 21.5 Å². The van der Waals surface area contributed by atoms with Crippen molar-refractivity contribution in [2.45, 2.75) is 6.92 Å². The summed E-state index contributed by atoms with van der Waals surface area (Å²) in [6, 6.07) is 16.5. The molecule has 7 heteroatoms. The van der Waals surface area contributed by atoms with Crippen LogP contribution >= 0.6 is 11.6 Å². The van der Waals surface area contributed by atoms with Gasteiger partial charge in [-0.05, 0) is 56.9 Å². The van der Waals surface area contributed by atoms with Gasteiger partial charge in [0.2, 0.25) is 0 Å². The summed E-state index contributed by atoms with van der Waals surface area (Å²) in [5, 5.41) is 6.69. The van der Waals surface area contributed by atoms with E-state index < -0.39 is 5.91 Å². The van der Waals surface area contributed by atoms with Crippen LogP contribution in [0.5, 0.6) is 0 Å². The number of benzene rings is 2. The van der Waals surface area contributed by atoms with E-state index in [2.05, 4.69) is 15.6 Å². The first-order valence-electron chi connectivity index (χ1n) is 9.91. The summed E-state index contributed by atoms with van der Waals surface area (Å²) in [5.74, 6) is -0.777. The molecule has 0 fully saturated rings. The van der Waals surface area contributed by atoms with Crippen molar-refractivity contribution in [3.8, 4) is 0 Å². The van der Waals surface area contributed by atoms with E-state index in [1.165, 1.54) is 0 Å². The molecule has 0 aliphatic heterocycles. The molecule has 0 unspecified atom stereocenters. The quantitative estimate of drug-likeness (QED) is 0.438. The molecule has 6 nitrogen and oxygen atoms in total. The lowest BCUT2D eigenvalue weighted by Crippen LogP contribution is -2.37. The van der Waals surface area contributed by atoms with Gasteiger partial charge in [-0.1, -0.05) is 41.9 Å². The predicted octanol–water partition coefficient (Wildman–Crippen LogP) is 3.65. The second-order valence-electron chi connectivity index (χ2n) is 7.50. The number of fused-ring (bicyclic) bond motifs is 1. The highest BCUT2D eigenvalue weighted by Crippen LogP contribution is 2.23. The zero-order valence-corrected chi connectivity index (χ0v) is 18.5. The Hall–Kier alpha value is -3.22. The fraction of sp³-hybridized carbons (Fsp3) is 0.208. The molecule has 3 aromatic rings. The van der Waals surface area contributed by atoms with E-state index in [9.17, 15) is 9.59 Å². The maximum atomic E-state index is 12.8. The fourth-order valence-corrected chi connectivity index (χ4v) is 3.16. The van der Waals surface area contributed by atoms with Gasteiger partial charge in [0, 0.05) is 29.6 Å². The van der Waals surface area contributed by atoms with Gasteiger partial charge in [-0.3, -0.25) is 9.59 Å². The molecule has 0 aliphatic carbocycles. The summed E-state index contributed by atoms with van der Waals surface area (Å²) in [6.07, 6.45) is 1.56. The molecule has 2 amide bonds. The summed E-state index contributed by atoms with van der Waals surface area (Å²) < 4.78 is 0. The average Bonchev–Trinajstić information content (AvgIpc) is 2.74. The second kappa shape index (κ2) is 10.2. The van der Waals surface area contributed by atoms with Crippen molar-refractivity contribution in [1.82, 2.24) is 20.5 Å². The number of carbonyl (C=O) groups is 2. The zero-order chi connectivity index (χ0) is 22.4. The van der Waals surface area contributed by atoms with Crippen LogP contribution in [-0.4, -0.2) is 48.9 Å². The van der Waals surface area contributed by atoms with E-state index in [0.29, 0.717) is 24.2 Å². The molecule has 1 aromatic heterocycles. The Kier molecular flexibility index (Phi) is 7.39. The Balaban J connectivity index is 1.94. The SMILES string of the molecule is Cc1ccc2cc(C=C(NC(=O)c3ccccc3)C(=O)NCCN(C)C)c(Cl)nc2c1. The number of nitrogens with one attached hydrogen (secondary N) is 2. The normalized spacial score (nSPS) is 11.6. The molecule has 2 aromatic carbocycles. The van der Waals surface area contributed by atoms with Crippen molar-refractivity contribution in [3.05, 3.63) is 82.1 Å². The molecule has 160 valence electrons. The first-order chi connectivity index (χ1) is 14.8. The number of rotatable bonds is 7. The van der Waals surface area contributed by atoms with Crippen molar-refractivity contribution >= 4 is 40.4 Å². The number of aryl methyl sites for hydroxylation is 1. The van der Waals surface area contributed by atoms with E-state index in [0.717, 1.165) is 16.5 Å². The van der Waals surface area contributed by atoms with E-state index >= 15 is 0 Å². The van der Waals surface area contributed by atoms with Crippen molar-refractivity contribution in [3.63, 3.8) is 0 Å². The van der Waals surface area contributed by atoms with Gasteiger partial charge in [-0.2, -0.15) is 0 Å². The Bertz CT molecular complexity index is 1130. The summed E-state index contributed by atoms with van der Waals surface area (Å²) in [6.45, 7) is 3.09. The van der Waals surface area contributed by atoms with Crippen molar-refractivity contribution in [1.29, 1.82) is 0 Å². The van der Waals surface area contributed by atoms with Crippen LogP contribution in [0.2, 0.25) is 5.15 Å². The first-order valence-corrected chi connectivity index (χ1v) is 10.3. The van der Waals surface area contributed by atoms with Crippen LogP contribution in [-0.2, 0) is 4.79 Å². The number of amides is 2. The minimum atomic E-state index is -0.397. The van der Waals surface area contributed by atoms with Crippen molar-refractivity contribution in [2.75, 3.05) is 27.2 Å². The van der Waals surface area contributed by atoms with Crippen molar-refractivity contribution in [2.24, 2.45) is 0 Å². The van der Waals surface area contributed by atoms with Gasteiger partial charge >= 0.3 is 0 Å². The third-order valence-electron chi connectivity index (χ3n) is 4.63. The third kappa shape index (κ3) is 6.13. The van der Waals surface area contributed by atoms with Gasteiger partial charge in [-0.15, -0.1) is 0 Å². The Morgan fingerprint density at radius 3 is 2.55 bits per heavy atom. The molecular weight excluding hydrogens is 412 g/mol.